The van der Waals surface area contributed by atoms with E-state index in [0.717, 1.165) is 0 Å². The van der Waals surface area contributed by atoms with E-state index in [1.807, 2.05) is 0 Å². The van der Waals surface area contributed by atoms with Crippen LogP contribution in [0, 0.1) is 0 Å². The van der Waals surface area contributed by atoms with E-state index in [0.29, 0.717) is 3.63 Å². The van der Waals surface area contributed by atoms with Gasteiger partial charge in [0.05, 0.1) is 0 Å². The summed E-state index contributed by atoms with van der Waals surface area (Å²) in [6, 6.07) is 20.0. The van der Waals surface area contributed by atoms with Gasteiger partial charge in [0.2, 0.25) is 0 Å². The first-order chi connectivity index (χ1) is 12.9. The monoisotopic (exact) mass is 518 g/mol. The first-order valence-corrected chi connectivity index (χ1v) is 17.4. The van der Waals surface area contributed by atoms with Gasteiger partial charge in [-0.25, -0.2) is 0 Å². The van der Waals surface area contributed by atoms with Gasteiger partial charge in [0.1, 0.15) is 0 Å². The molecule has 0 fully saturated rings. The van der Waals surface area contributed by atoms with Crippen molar-refractivity contribution in [1.82, 2.24) is 0 Å². The molecule has 29 heavy (non-hydrogen) atoms. The SMILES string of the molecule is C/C=C(/C=[CH]/[Zr+2](=[C](/C)c1ccccc1)[CH]1C=Cc2ccccc21)[Si](C)(C)C.[Cl-].[Cl-]. The molecule has 0 saturated heterocycles. The third-order valence-corrected chi connectivity index (χ3v) is 14.6. The summed E-state index contributed by atoms with van der Waals surface area (Å²) in [6.45, 7) is 11.9. The number of fused-ring (bicyclic) bond motifs is 1. The number of rotatable bonds is 5. The van der Waals surface area contributed by atoms with Gasteiger partial charge in [0.15, 0.2) is 0 Å². The Labute approximate surface area is 197 Å². The average Bonchev–Trinajstić information content (AvgIpc) is 3.08. The van der Waals surface area contributed by atoms with E-state index in [1.54, 1.807) is 8.40 Å². The molecule has 0 bridgehead atoms. The summed E-state index contributed by atoms with van der Waals surface area (Å²) < 4.78 is 4.88. The Bertz CT molecular complexity index is 935. The summed E-state index contributed by atoms with van der Waals surface area (Å²) >= 11 is -2.07. The van der Waals surface area contributed by atoms with Gasteiger partial charge in [-0.15, -0.1) is 0 Å². The molecule has 0 nitrogen and oxygen atoms in total. The number of hydrogen-bond acceptors (Lipinski definition) is 0. The van der Waals surface area contributed by atoms with Crippen molar-refractivity contribution in [2.45, 2.75) is 37.1 Å². The van der Waals surface area contributed by atoms with Crippen LogP contribution < -0.4 is 24.8 Å². The van der Waals surface area contributed by atoms with E-state index in [1.165, 1.54) is 16.7 Å². The minimum absolute atomic E-state index is 0. The zero-order chi connectivity index (χ0) is 19.4. The second-order valence-electron chi connectivity index (χ2n) is 8.24. The van der Waals surface area contributed by atoms with Crippen LogP contribution in [0.3, 0.4) is 0 Å². The maximum atomic E-state index is 2.65. The third-order valence-electron chi connectivity index (χ3n) is 5.39. The van der Waals surface area contributed by atoms with Crippen LogP contribution in [-0.4, -0.2) is 11.3 Å². The Morgan fingerprint density at radius 1 is 0.931 bits per heavy atom. The van der Waals surface area contributed by atoms with Gasteiger partial charge >= 0.3 is 174 Å². The molecule has 0 radical (unpaired) electrons. The van der Waals surface area contributed by atoms with Crippen LogP contribution in [0.15, 0.2) is 81.8 Å². The van der Waals surface area contributed by atoms with Crippen LogP contribution in [0.2, 0.25) is 19.6 Å². The Kier molecular flexibility index (Phi) is 10.5. The van der Waals surface area contributed by atoms with Crippen molar-refractivity contribution < 1.29 is 46.1 Å². The summed E-state index contributed by atoms with van der Waals surface area (Å²) in [6.07, 6.45) is 9.63. The van der Waals surface area contributed by atoms with Crippen molar-refractivity contribution in [2.24, 2.45) is 0 Å². The average molecular weight is 521 g/mol. The molecular weight excluding hydrogens is 490 g/mol. The zero-order valence-electron chi connectivity index (χ0n) is 17.9. The van der Waals surface area contributed by atoms with Gasteiger partial charge in [0, 0.05) is 0 Å². The molecular formula is C25H30Cl2SiZr. The Morgan fingerprint density at radius 3 is 2.17 bits per heavy atom. The van der Waals surface area contributed by atoms with Crippen LogP contribution in [0.5, 0.6) is 0 Å². The molecule has 1 atom stereocenters. The number of halogens is 2. The van der Waals surface area contributed by atoms with Crippen molar-refractivity contribution in [3.63, 3.8) is 0 Å². The van der Waals surface area contributed by atoms with Crippen LogP contribution in [-0.2, 0) is 21.3 Å². The van der Waals surface area contributed by atoms with Crippen molar-refractivity contribution in [3.05, 3.63) is 98.5 Å². The summed E-state index contributed by atoms with van der Waals surface area (Å²) in [5.74, 6) is 0. The van der Waals surface area contributed by atoms with E-state index in [2.05, 4.69) is 116 Å². The molecule has 1 aliphatic rings. The fourth-order valence-electron chi connectivity index (χ4n) is 3.80. The number of hydrogen-bond donors (Lipinski definition) is 0. The van der Waals surface area contributed by atoms with E-state index < -0.39 is 29.3 Å². The van der Waals surface area contributed by atoms with Gasteiger partial charge in [-0.2, -0.15) is 0 Å². The van der Waals surface area contributed by atoms with Crippen molar-refractivity contribution in [3.8, 4) is 0 Å². The molecule has 152 valence electrons. The van der Waals surface area contributed by atoms with Crippen LogP contribution in [0.25, 0.3) is 6.08 Å². The summed E-state index contributed by atoms with van der Waals surface area (Å²) in [5.41, 5.74) is 4.36. The van der Waals surface area contributed by atoms with Gasteiger partial charge in [-0.05, 0) is 0 Å². The maximum Gasteiger partial charge on any atom is -1.00 e. The van der Waals surface area contributed by atoms with Crippen molar-refractivity contribution >= 4 is 17.4 Å². The first-order valence-electron chi connectivity index (χ1n) is 9.80. The molecule has 0 amide bonds. The van der Waals surface area contributed by atoms with Crippen molar-refractivity contribution in [2.75, 3.05) is 0 Å². The Hall–Kier alpha value is -0.790. The predicted octanol–water partition coefficient (Wildman–Crippen LogP) is 0.959. The first kappa shape index (κ1) is 26.2. The molecule has 0 aromatic heterocycles. The number of allylic oxidation sites excluding steroid dienone is 4. The molecule has 1 aliphatic carbocycles. The van der Waals surface area contributed by atoms with E-state index in [9.17, 15) is 0 Å². The number of benzene rings is 2. The molecule has 4 heteroatoms. The second kappa shape index (κ2) is 11.6. The largest absolute Gasteiger partial charge is 1.00 e. The molecule has 3 rings (SSSR count). The minimum atomic E-state index is -2.07. The molecule has 0 heterocycles. The van der Waals surface area contributed by atoms with E-state index in [4.69, 9.17) is 0 Å². The second-order valence-corrected chi connectivity index (χ2v) is 19.7. The summed E-state index contributed by atoms with van der Waals surface area (Å²) in [5, 5.41) is 1.57. The molecule has 0 N–H and O–H groups in total. The standard InChI is InChI=1S/C9H7.C8H15Si.C8H8.2ClH.Zr/c1-2-5-9-7-3-6-8(9)4-1;1-6-8(7-2)9(3,4)5;1-2-8-6-4-3-5-7-8;;;/h1-7H;1,6-7H,2-5H3;3-7H,1H3;2*1H;/q;;;;;+2/p-2/b;6-1?,8-7-;;;;. The van der Waals surface area contributed by atoms with Crippen LogP contribution in [0.4, 0.5) is 0 Å². The van der Waals surface area contributed by atoms with Gasteiger partial charge < -0.3 is 24.8 Å². The van der Waals surface area contributed by atoms with E-state index >= 15 is 0 Å². The molecule has 2 aromatic rings. The van der Waals surface area contributed by atoms with Crippen LogP contribution >= 0.6 is 0 Å². The molecule has 0 saturated carbocycles. The van der Waals surface area contributed by atoms with Gasteiger partial charge in [-0.1, -0.05) is 0 Å². The molecule has 1 unspecified atom stereocenters. The normalized spacial score (nSPS) is 16.1. The van der Waals surface area contributed by atoms with E-state index in [-0.39, 0.29) is 24.8 Å². The van der Waals surface area contributed by atoms with Gasteiger partial charge in [0.25, 0.3) is 0 Å². The summed E-state index contributed by atoms with van der Waals surface area (Å²) in [7, 11) is -1.30. The molecule has 2 aromatic carbocycles. The zero-order valence-corrected chi connectivity index (χ0v) is 22.9. The topological polar surface area (TPSA) is 0 Å². The third kappa shape index (κ3) is 6.34. The molecule has 0 aliphatic heterocycles. The fraction of sp³-hybridized carbons (Fsp3) is 0.240. The fourth-order valence-corrected chi connectivity index (χ4v) is 12.3. The van der Waals surface area contributed by atoms with Gasteiger partial charge in [-0.3, -0.25) is 0 Å². The Balaban J connectivity index is 0.00000210. The predicted molar refractivity (Wildman–Crippen MR) is 121 cm³/mol. The molecule has 0 spiro atoms. The summed E-state index contributed by atoms with van der Waals surface area (Å²) in [4.78, 5) is 0. The smallest absolute Gasteiger partial charge is 1.00 e. The van der Waals surface area contributed by atoms with Crippen molar-refractivity contribution in [1.29, 1.82) is 0 Å². The maximum absolute atomic E-state index is 2.65. The quantitative estimate of drug-likeness (QED) is 0.407. The van der Waals surface area contributed by atoms with Crippen LogP contribution in [0.1, 0.15) is 34.2 Å². The minimum Gasteiger partial charge on any atom is -1.00 e. The Morgan fingerprint density at radius 2 is 1.55 bits per heavy atom.